The highest BCUT2D eigenvalue weighted by atomic mass is 32.2. The van der Waals surface area contributed by atoms with Crippen LogP contribution in [0.25, 0.3) is 0 Å². The van der Waals surface area contributed by atoms with Gasteiger partial charge in [-0.1, -0.05) is 23.9 Å². The van der Waals surface area contributed by atoms with Gasteiger partial charge in [0.05, 0.1) is 37.7 Å². The lowest BCUT2D eigenvalue weighted by Crippen LogP contribution is -2.45. The number of alkyl halides is 3. The topological polar surface area (TPSA) is 42.0 Å². The number of hydrogen-bond donors (Lipinski definition) is 0. The number of ether oxygens (including phenoxy) is 2. The molecule has 0 spiro atoms. The van der Waals surface area contributed by atoms with E-state index in [1.54, 1.807) is 26.4 Å². The molecule has 188 valence electrons. The Bertz CT molecular complexity index is 1330. The summed E-state index contributed by atoms with van der Waals surface area (Å²) in [7, 11) is 3.17. The second kappa shape index (κ2) is 9.37. The molecule has 0 fully saturated rings. The quantitative estimate of drug-likeness (QED) is 0.409. The van der Waals surface area contributed by atoms with Crippen molar-refractivity contribution in [3.63, 3.8) is 0 Å². The molecule has 0 N–H and O–H groups in total. The molecule has 0 aromatic heterocycles. The molecule has 1 unspecified atom stereocenters. The number of anilines is 2. The normalized spacial score (nSPS) is 17.2. The molecule has 3 aromatic rings. The van der Waals surface area contributed by atoms with Gasteiger partial charge in [-0.2, -0.15) is 13.2 Å². The van der Waals surface area contributed by atoms with Gasteiger partial charge in [0, 0.05) is 22.4 Å². The molecular weight excluding hydrogens is 489 g/mol. The van der Waals surface area contributed by atoms with Crippen LogP contribution < -0.4 is 14.4 Å². The fourth-order valence-electron chi connectivity index (χ4n) is 4.78. The van der Waals surface area contributed by atoms with E-state index in [1.807, 2.05) is 36.1 Å². The van der Waals surface area contributed by atoms with Crippen LogP contribution >= 0.6 is 11.8 Å². The first kappa shape index (κ1) is 24.5. The first-order valence-electron chi connectivity index (χ1n) is 11.5. The average molecular weight is 515 g/mol. The molecule has 36 heavy (non-hydrogen) atoms. The van der Waals surface area contributed by atoms with Crippen molar-refractivity contribution in [2.24, 2.45) is 0 Å². The molecule has 5 rings (SSSR count). The summed E-state index contributed by atoms with van der Waals surface area (Å²) in [6, 6.07) is 14.8. The van der Waals surface area contributed by atoms with Gasteiger partial charge >= 0.3 is 6.18 Å². The number of rotatable bonds is 4. The minimum Gasteiger partial charge on any atom is -0.493 e. The number of methoxy groups -OCH3 is 2. The van der Waals surface area contributed by atoms with Crippen LogP contribution in [0.4, 0.5) is 24.5 Å². The Morgan fingerprint density at radius 1 is 0.972 bits per heavy atom. The minimum absolute atomic E-state index is 0.0509. The Kier molecular flexibility index (Phi) is 6.38. The van der Waals surface area contributed by atoms with Crippen LogP contribution in [0, 0.1) is 0 Å². The van der Waals surface area contributed by atoms with Gasteiger partial charge < -0.3 is 9.47 Å². The third-order valence-electron chi connectivity index (χ3n) is 6.66. The van der Waals surface area contributed by atoms with Crippen molar-refractivity contribution >= 4 is 29.0 Å². The fraction of sp³-hybridized carbons (Fsp3) is 0.296. The van der Waals surface area contributed by atoms with Crippen molar-refractivity contribution < 1.29 is 27.4 Å². The van der Waals surface area contributed by atoms with E-state index in [0.29, 0.717) is 35.0 Å². The van der Waals surface area contributed by atoms with Gasteiger partial charge in [0.25, 0.3) is 0 Å². The Balaban J connectivity index is 1.48. The first-order valence-corrected chi connectivity index (χ1v) is 12.3. The van der Waals surface area contributed by atoms with Gasteiger partial charge in [-0.15, -0.1) is 0 Å². The van der Waals surface area contributed by atoms with Crippen LogP contribution in [0.2, 0.25) is 0 Å². The van der Waals surface area contributed by atoms with E-state index in [-0.39, 0.29) is 24.2 Å². The highest BCUT2D eigenvalue weighted by Gasteiger charge is 2.36. The maximum atomic E-state index is 13.8. The predicted molar refractivity (Wildman–Crippen MR) is 132 cm³/mol. The molecule has 0 saturated carbocycles. The number of para-hydroxylation sites is 1. The second-order valence-electron chi connectivity index (χ2n) is 8.91. The Labute approximate surface area is 211 Å². The zero-order valence-electron chi connectivity index (χ0n) is 20.1. The Morgan fingerprint density at radius 2 is 1.64 bits per heavy atom. The largest absolute Gasteiger partial charge is 0.493 e. The third-order valence-corrected chi connectivity index (χ3v) is 7.79. The van der Waals surface area contributed by atoms with Gasteiger partial charge in [-0.25, -0.2) is 0 Å². The van der Waals surface area contributed by atoms with E-state index >= 15 is 0 Å². The molecule has 3 aromatic carbocycles. The number of benzene rings is 3. The van der Waals surface area contributed by atoms with Crippen LogP contribution in [-0.4, -0.2) is 37.6 Å². The molecular formula is C27H25F3N2O3S. The van der Waals surface area contributed by atoms with E-state index in [4.69, 9.17) is 9.47 Å². The maximum Gasteiger partial charge on any atom is 0.416 e. The van der Waals surface area contributed by atoms with Crippen molar-refractivity contribution in [2.45, 2.75) is 41.9 Å². The number of nitrogens with zero attached hydrogens (tertiary/aromatic N) is 2. The smallest absolute Gasteiger partial charge is 0.416 e. The van der Waals surface area contributed by atoms with Crippen molar-refractivity contribution in [1.82, 2.24) is 4.90 Å². The monoisotopic (exact) mass is 514 g/mol. The van der Waals surface area contributed by atoms with E-state index < -0.39 is 11.7 Å². The van der Waals surface area contributed by atoms with E-state index in [0.717, 1.165) is 28.2 Å². The van der Waals surface area contributed by atoms with E-state index in [2.05, 4.69) is 0 Å². The average Bonchev–Trinajstić information content (AvgIpc) is 2.85. The van der Waals surface area contributed by atoms with Crippen LogP contribution in [0.1, 0.15) is 23.6 Å². The zero-order valence-corrected chi connectivity index (χ0v) is 20.9. The highest BCUT2D eigenvalue weighted by Crippen LogP contribution is 2.49. The molecule has 9 heteroatoms. The summed E-state index contributed by atoms with van der Waals surface area (Å²) in [5.74, 6) is 0.999. The molecule has 1 amide bonds. The number of carbonyl (C=O) groups excluding carboxylic acids is 1. The summed E-state index contributed by atoms with van der Waals surface area (Å²) in [5, 5.41) is 0. The van der Waals surface area contributed by atoms with Gasteiger partial charge in [0.15, 0.2) is 11.5 Å². The van der Waals surface area contributed by atoms with E-state index in [1.165, 1.54) is 22.7 Å². The van der Waals surface area contributed by atoms with Gasteiger partial charge in [-0.3, -0.25) is 14.6 Å². The highest BCUT2D eigenvalue weighted by molar-refractivity contribution is 7.99. The third kappa shape index (κ3) is 4.41. The molecule has 2 aliphatic heterocycles. The summed E-state index contributed by atoms with van der Waals surface area (Å²) in [6.45, 7) is 2.62. The molecule has 0 bridgehead atoms. The van der Waals surface area contributed by atoms with Crippen LogP contribution in [-0.2, 0) is 23.9 Å². The number of amides is 1. The number of fused-ring (bicyclic) bond motifs is 3. The maximum absolute atomic E-state index is 13.8. The van der Waals surface area contributed by atoms with Crippen LogP contribution in [0.3, 0.4) is 0 Å². The van der Waals surface area contributed by atoms with Crippen molar-refractivity contribution in [3.05, 3.63) is 71.3 Å². The standard InChI is InChI=1S/C27H25F3N2O3S/c1-16-10-17-11-22(34-2)23(35-3)12-18(17)14-31(16)15-26(33)32-20-6-4-5-7-24(20)36-25-9-8-19(13-21(25)32)27(28,29)30/h4-9,11-13,16H,10,14-15H2,1-3H3. The summed E-state index contributed by atoms with van der Waals surface area (Å²) in [5.41, 5.74) is 2.24. The summed E-state index contributed by atoms with van der Waals surface area (Å²) in [4.78, 5) is 18.7. The summed E-state index contributed by atoms with van der Waals surface area (Å²) >= 11 is 1.37. The summed E-state index contributed by atoms with van der Waals surface area (Å²) < 4.78 is 51.4. The van der Waals surface area contributed by atoms with Gasteiger partial charge in [-0.05, 0) is 66.9 Å². The van der Waals surface area contributed by atoms with Crippen LogP contribution in [0.5, 0.6) is 11.5 Å². The molecule has 0 aliphatic carbocycles. The van der Waals surface area contributed by atoms with Crippen molar-refractivity contribution in [1.29, 1.82) is 0 Å². The molecule has 0 radical (unpaired) electrons. The lowest BCUT2D eigenvalue weighted by Gasteiger charge is -2.37. The van der Waals surface area contributed by atoms with Gasteiger partial charge in [0.2, 0.25) is 5.91 Å². The SMILES string of the molecule is COc1cc2c(cc1OC)CN(CC(=O)N1c3ccccc3Sc3ccc(C(F)(F)F)cc31)C(C)C2. The summed E-state index contributed by atoms with van der Waals surface area (Å²) in [6.07, 6.45) is -3.79. The number of carbonyl (C=O) groups is 1. The van der Waals surface area contributed by atoms with E-state index in [9.17, 15) is 18.0 Å². The lowest BCUT2D eigenvalue weighted by molar-refractivity contribution is -0.137. The Morgan fingerprint density at radius 3 is 2.33 bits per heavy atom. The molecule has 2 heterocycles. The zero-order chi connectivity index (χ0) is 25.6. The number of hydrogen-bond acceptors (Lipinski definition) is 5. The molecule has 0 saturated heterocycles. The fourth-order valence-corrected chi connectivity index (χ4v) is 5.82. The Hall–Kier alpha value is -3.17. The minimum atomic E-state index is -4.50. The van der Waals surface area contributed by atoms with Crippen molar-refractivity contribution in [3.8, 4) is 11.5 Å². The predicted octanol–water partition coefficient (Wildman–Crippen LogP) is 6.30. The second-order valence-corrected chi connectivity index (χ2v) is 10.00. The molecule has 2 aliphatic rings. The molecule has 1 atom stereocenters. The van der Waals surface area contributed by atoms with Crippen molar-refractivity contribution in [2.75, 3.05) is 25.7 Å². The number of halogens is 3. The van der Waals surface area contributed by atoms with Gasteiger partial charge in [0.1, 0.15) is 0 Å². The lowest BCUT2D eigenvalue weighted by atomic mass is 9.94. The molecule has 5 nitrogen and oxygen atoms in total. The van der Waals surface area contributed by atoms with Crippen LogP contribution in [0.15, 0.2) is 64.4 Å². The first-order chi connectivity index (χ1) is 17.2.